The number of hydrogen-bond acceptors (Lipinski definition) is 2. The molecule has 0 spiro atoms. The second kappa shape index (κ2) is 6.93. The highest BCUT2D eigenvalue weighted by atomic mass is 19.1. The van der Waals surface area contributed by atoms with Crippen molar-refractivity contribution < 1.29 is 13.9 Å². The van der Waals surface area contributed by atoms with Crippen molar-refractivity contribution in [3.05, 3.63) is 65.0 Å². The zero-order valence-corrected chi connectivity index (χ0v) is 18.2. The van der Waals surface area contributed by atoms with Crippen LogP contribution in [0.25, 0.3) is 0 Å². The minimum absolute atomic E-state index is 0.0319. The first kappa shape index (κ1) is 19.8. The summed E-state index contributed by atoms with van der Waals surface area (Å²) >= 11 is 0. The summed E-state index contributed by atoms with van der Waals surface area (Å²) in [5.41, 5.74) is 4.22. The van der Waals surface area contributed by atoms with Crippen molar-refractivity contribution in [1.29, 1.82) is 0 Å². The smallest absolute Gasteiger partial charge is 0.308 e. The number of hydrogen-bond donors (Lipinski definition) is 0. The van der Waals surface area contributed by atoms with Crippen molar-refractivity contribution in [2.45, 2.75) is 70.6 Å². The molecule has 30 heavy (non-hydrogen) atoms. The first-order valence-electron chi connectivity index (χ1n) is 11.4. The van der Waals surface area contributed by atoms with Gasteiger partial charge in [-0.15, -0.1) is 0 Å². The van der Waals surface area contributed by atoms with Gasteiger partial charge in [-0.3, -0.25) is 4.79 Å². The Morgan fingerprint density at radius 1 is 1.07 bits per heavy atom. The van der Waals surface area contributed by atoms with Gasteiger partial charge in [0.2, 0.25) is 0 Å². The number of carbonyl (C=O) groups excluding carboxylic acids is 1. The predicted molar refractivity (Wildman–Crippen MR) is 116 cm³/mol. The van der Waals surface area contributed by atoms with E-state index >= 15 is 0 Å². The highest BCUT2D eigenvalue weighted by molar-refractivity contribution is 5.69. The summed E-state index contributed by atoms with van der Waals surface area (Å²) in [7, 11) is 0. The van der Waals surface area contributed by atoms with Crippen LogP contribution < -0.4 is 4.74 Å². The maximum Gasteiger partial charge on any atom is 0.308 e. The van der Waals surface area contributed by atoms with Crippen molar-refractivity contribution in [2.24, 2.45) is 17.3 Å². The molecule has 0 heterocycles. The van der Waals surface area contributed by atoms with Crippen molar-refractivity contribution >= 4 is 5.97 Å². The second-order valence-corrected chi connectivity index (χ2v) is 10.2. The molecule has 2 aromatic carbocycles. The molecule has 3 heteroatoms. The van der Waals surface area contributed by atoms with E-state index in [0.29, 0.717) is 23.5 Å². The van der Waals surface area contributed by atoms with Gasteiger partial charge in [-0.2, -0.15) is 0 Å². The third-order valence-corrected chi connectivity index (χ3v) is 9.03. The fourth-order valence-corrected chi connectivity index (χ4v) is 7.36. The van der Waals surface area contributed by atoms with E-state index in [1.165, 1.54) is 49.3 Å². The van der Waals surface area contributed by atoms with E-state index in [-0.39, 0.29) is 22.6 Å². The van der Waals surface area contributed by atoms with Crippen LogP contribution in [-0.2, 0) is 16.6 Å². The molecule has 0 N–H and O–H groups in total. The van der Waals surface area contributed by atoms with E-state index in [2.05, 4.69) is 32.0 Å². The molecule has 5 rings (SSSR count). The lowest BCUT2D eigenvalue weighted by atomic mass is 9.50. The summed E-state index contributed by atoms with van der Waals surface area (Å²) in [6.07, 6.45) is 6.97. The average molecular weight is 407 g/mol. The molecular weight excluding hydrogens is 375 g/mol. The number of esters is 1. The van der Waals surface area contributed by atoms with E-state index in [1.807, 2.05) is 12.1 Å². The summed E-state index contributed by atoms with van der Waals surface area (Å²) in [6.45, 7) is 6.31. The standard InChI is InChI=1S/C27H31FO2/c1-17(29)30-21-8-10-22-18(15-21)7-9-24-23(22)11-13-27(3)25(24)12-14-26(27,2)19-5-4-6-20(28)16-19/h4-6,8,10,15-16,23-25H,7,9,11-14H2,1-3H3/t23-,24-,25+,26-,27+/m1/s1. The van der Waals surface area contributed by atoms with Crippen LogP contribution in [0.5, 0.6) is 5.75 Å². The van der Waals surface area contributed by atoms with E-state index < -0.39 is 0 Å². The van der Waals surface area contributed by atoms with Gasteiger partial charge in [0.15, 0.2) is 0 Å². The SMILES string of the molecule is CC(=O)Oc1ccc2c(c1)CC[C@@H]1[C@@H]2CC[C@@]2(C)[C@H]1CC[C@]2(C)c1cccc(F)c1. The zero-order valence-electron chi connectivity index (χ0n) is 18.2. The molecule has 2 nitrogen and oxygen atoms in total. The average Bonchev–Trinajstić information content (AvgIpc) is 2.99. The van der Waals surface area contributed by atoms with Gasteiger partial charge in [-0.25, -0.2) is 4.39 Å². The third-order valence-electron chi connectivity index (χ3n) is 9.03. The van der Waals surface area contributed by atoms with Crippen molar-refractivity contribution in [1.82, 2.24) is 0 Å². The normalized spacial score (nSPS) is 34.6. The molecule has 0 amide bonds. The Bertz CT molecular complexity index is 998. The number of fused-ring (bicyclic) bond motifs is 5. The molecule has 0 aliphatic heterocycles. The van der Waals surface area contributed by atoms with Gasteiger partial charge < -0.3 is 4.74 Å². The Hall–Kier alpha value is -2.16. The van der Waals surface area contributed by atoms with Crippen LogP contribution in [-0.4, -0.2) is 5.97 Å². The molecule has 158 valence electrons. The molecule has 0 unspecified atom stereocenters. The Morgan fingerprint density at radius 3 is 2.67 bits per heavy atom. The third kappa shape index (κ3) is 2.85. The quantitative estimate of drug-likeness (QED) is 0.417. The molecule has 0 bridgehead atoms. The van der Waals surface area contributed by atoms with Crippen molar-refractivity contribution in [3.8, 4) is 5.75 Å². The number of benzene rings is 2. The minimum Gasteiger partial charge on any atom is -0.427 e. The van der Waals surface area contributed by atoms with Crippen LogP contribution in [0, 0.1) is 23.1 Å². The highest BCUT2D eigenvalue weighted by Gasteiger charge is 2.60. The van der Waals surface area contributed by atoms with Crippen molar-refractivity contribution in [3.63, 3.8) is 0 Å². The second-order valence-electron chi connectivity index (χ2n) is 10.2. The van der Waals surface area contributed by atoms with Crippen LogP contribution in [0.4, 0.5) is 4.39 Å². The molecule has 0 saturated heterocycles. The maximum absolute atomic E-state index is 14.1. The van der Waals surface area contributed by atoms with Gasteiger partial charge in [-0.05, 0) is 108 Å². The minimum atomic E-state index is -0.264. The lowest BCUT2D eigenvalue weighted by molar-refractivity contribution is -0.131. The largest absolute Gasteiger partial charge is 0.427 e. The summed E-state index contributed by atoms with van der Waals surface area (Å²) in [4.78, 5) is 11.3. The number of aryl methyl sites for hydroxylation is 1. The van der Waals surface area contributed by atoms with E-state index in [4.69, 9.17) is 4.74 Å². The number of rotatable bonds is 2. The maximum atomic E-state index is 14.1. The molecule has 5 atom stereocenters. The van der Waals surface area contributed by atoms with Crippen LogP contribution in [0.2, 0.25) is 0 Å². The van der Waals surface area contributed by atoms with Gasteiger partial charge in [-0.1, -0.05) is 32.0 Å². The molecule has 3 aliphatic rings. The zero-order chi connectivity index (χ0) is 21.1. The fourth-order valence-electron chi connectivity index (χ4n) is 7.36. The van der Waals surface area contributed by atoms with Gasteiger partial charge in [0.05, 0.1) is 0 Å². The first-order chi connectivity index (χ1) is 14.3. The van der Waals surface area contributed by atoms with Gasteiger partial charge in [0.25, 0.3) is 0 Å². The Labute approximate surface area is 178 Å². The number of halogens is 1. The molecular formula is C27H31FO2. The van der Waals surface area contributed by atoms with Crippen LogP contribution in [0.3, 0.4) is 0 Å². The highest BCUT2D eigenvalue weighted by Crippen LogP contribution is 2.67. The molecule has 2 saturated carbocycles. The van der Waals surface area contributed by atoms with Crippen LogP contribution in [0.15, 0.2) is 42.5 Å². The summed E-state index contributed by atoms with van der Waals surface area (Å²) < 4.78 is 19.4. The molecule has 3 aliphatic carbocycles. The lowest BCUT2D eigenvalue weighted by Gasteiger charge is -2.54. The van der Waals surface area contributed by atoms with Gasteiger partial charge in [0, 0.05) is 6.92 Å². The molecule has 0 aromatic heterocycles. The number of carbonyl (C=O) groups is 1. The van der Waals surface area contributed by atoms with Crippen molar-refractivity contribution in [2.75, 3.05) is 0 Å². The molecule has 2 aromatic rings. The van der Waals surface area contributed by atoms with Crippen LogP contribution >= 0.6 is 0 Å². The monoisotopic (exact) mass is 406 g/mol. The van der Waals surface area contributed by atoms with E-state index in [0.717, 1.165) is 12.8 Å². The lowest BCUT2D eigenvalue weighted by Crippen LogP contribution is -2.47. The summed E-state index contributed by atoms with van der Waals surface area (Å²) in [6, 6.07) is 13.6. The summed E-state index contributed by atoms with van der Waals surface area (Å²) in [5.74, 6) is 2.23. The van der Waals surface area contributed by atoms with Gasteiger partial charge in [0.1, 0.15) is 11.6 Å². The fraction of sp³-hybridized carbons (Fsp3) is 0.519. The van der Waals surface area contributed by atoms with Gasteiger partial charge >= 0.3 is 5.97 Å². The predicted octanol–water partition coefficient (Wildman–Crippen LogP) is 6.57. The summed E-state index contributed by atoms with van der Waals surface area (Å²) in [5, 5.41) is 0. The Morgan fingerprint density at radius 2 is 1.90 bits per heavy atom. The van der Waals surface area contributed by atoms with E-state index in [1.54, 1.807) is 12.1 Å². The molecule has 2 fully saturated rings. The number of ether oxygens (including phenoxy) is 1. The van der Waals surface area contributed by atoms with E-state index in [9.17, 15) is 9.18 Å². The first-order valence-corrected chi connectivity index (χ1v) is 11.4. The topological polar surface area (TPSA) is 26.3 Å². The molecule has 0 radical (unpaired) electrons. The van der Waals surface area contributed by atoms with Crippen LogP contribution in [0.1, 0.15) is 75.5 Å². The Balaban J connectivity index is 1.46. The Kier molecular flexibility index (Phi) is 4.57.